The van der Waals surface area contributed by atoms with Crippen molar-refractivity contribution in [2.45, 2.75) is 44.8 Å². The normalized spacial score (nSPS) is 20.4. The molecule has 1 atom stereocenters. The molecule has 2 aromatic rings. The lowest BCUT2D eigenvalue weighted by Gasteiger charge is -2.35. The van der Waals surface area contributed by atoms with Gasteiger partial charge in [-0.15, -0.1) is 0 Å². The van der Waals surface area contributed by atoms with Crippen LogP contribution in [0.3, 0.4) is 0 Å². The highest BCUT2D eigenvalue weighted by Crippen LogP contribution is 2.48. The van der Waals surface area contributed by atoms with E-state index in [-0.39, 0.29) is 18.1 Å². The minimum atomic E-state index is -1.25. The molecule has 0 saturated carbocycles. The Labute approximate surface area is 189 Å². The third-order valence-electron chi connectivity index (χ3n) is 5.63. The summed E-state index contributed by atoms with van der Waals surface area (Å²) in [7, 11) is 1.43. The van der Waals surface area contributed by atoms with Gasteiger partial charge in [0, 0.05) is 40.8 Å². The van der Waals surface area contributed by atoms with Crippen LogP contribution in [-0.4, -0.2) is 36.8 Å². The molecule has 1 saturated heterocycles. The molecule has 2 amide bonds. The van der Waals surface area contributed by atoms with E-state index < -0.39 is 23.1 Å². The minimum absolute atomic E-state index is 0.0866. The van der Waals surface area contributed by atoms with Crippen LogP contribution in [0.1, 0.15) is 32.8 Å². The summed E-state index contributed by atoms with van der Waals surface area (Å²) in [5.41, 5.74) is -0.658. The molecule has 2 heterocycles. The van der Waals surface area contributed by atoms with Crippen LogP contribution in [0.25, 0.3) is 0 Å². The highest BCUT2D eigenvalue weighted by molar-refractivity contribution is 9.10. The van der Waals surface area contributed by atoms with Gasteiger partial charge in [-0.1, -0.05) is 15.9 Å². The number of hydrogen-bond acceptors (Lipinski definition) is 4. The van der Waals surface area contributed by atoms with Gasteiger partial charge in [0.15, 0.2) is 0 Å². The highest BCUT2D eigenvalue weighted by atomic mass is 79.9. The topological polar surface area (TPSA) is 59.1 Å². The third kappa shape index (κ3) is 3.67. The molecule has 0 radical (unpaired) electrons. The second-order valence-electron chi connectivity index (χ2n) is 8.81. The Balaban J connectivity index is 1.80. The molecule has 0 N–H and O–H groups in total. The van der Waals surface area contributed by atoms with E-state index in [4.69, 9.17) is 9.47 Å². The molecular weight excluding hydrogens is 467 g/mol. The van der Waals surface area contributed by atoms with Crippen molar-refractivity contribution in [1.82, 2.24) is 0 Å². The molecule has 2 aliphatic heterocycles. The monoisotopic (exact) mass is 490 g/mol. The van der Waals surface area contributed by atoms with E-state index in [1.807, 2.05) is 24.3 Å². The van der Waals surface area contributed by atoms with Gasteiger partial charge in [-0.3, -0.25) is 9.69 Å². The van der Waals surface area contributed by atoms with Crippen LogP contribution in [0.2, 0.25) is 0 Å². The van der Waals surface area contributed by atoms with Crippen LogP contribution in [0.5, 0.6) is 5.75 Å². The molecule has 2 aliphatic rings. The molecule has 164 valence electrons. The number of carbonyl (C=O) groups excluding carboxylic acids is 2. The van der Waals surface area contributed by atoms with E-state index in [1.165, 1.54) is 18.1 Å². The van der Waals surface area contributed by atoms with Gasteiger partial charge in [-0.2, -0.15) is 0 Å². The lowest BCUT2D eigenvalue weighted by molar-refractivity contribution is -0.121. The molecule has 0 bridgehead atoms. The molecule has 1 spiro atoms. The maximum atomic E-state index is 15.0. The van der Waals surface area contributed by atoms with Gasteiger partial charge in [0.1, 0.15) is 22.7 Å². The van der Waals surface area contributed by atoms with Crippen molar-refractivity contribution in [2.75, 3.05) is 23.5 Å². The van der Waals surface area contributed by atoms with Crippen LogP contribution >= 0.6 is 15.9 Å². The molecule has 0 aliphatic carbocycles. The standard InChI is InChI=1S/C23H24BrFN2O4/c1-22(2,3)31-21(29)27-19-12-16(30-4)11-18(25)17(19)13-23(27)9-10-26(20(23)28)15-7-5-14(24)6-8-15/h5-8,11-12H,9-10,13H2,1-4H3. The molecule has 8 heteroatoms. The fourth-order valence-electron chi connectivity index (χ4n) is 4.27. The molecule has 0 aromatic heterocycles. The lowest BCUT2D eigenvalue weighted by Crippen LogP contribution is -2.56. The van der Waals surface area contributed by atoms with Crippen LogP contribution in [-0.2, 0) is 16.0 Å². The van der Waals surface area contributed by atoms with Crippen molar-refractivity contribution in [3.8, 4) is 5.75 Å². The van der Waals surface area contributed by atoms with Crippen molar-refractivity contribution in [1.29, 1.82) is 0 Å². The van der Waals surface area contributed by atoms with Crippen LogP contribution in [0, 0.1) is 5.82 Å². The van der Waals surface area contributed by atoms with Crippen molar-refractivity contribution in [2.24, 2.45) is 0 Å². The van der Waals surface area contributed by atoms with Gasteiger partial charge in [0.25, 0.3) is 5.91 Å². The molecule has 2 aromatic carbocycles. The highest BCUT2D eigenvalue weighted by Gasteiger charge is 2.59. The fraction of sp³-hybridized carbons (Fsp3) is 0.391. The fourth-order valence-corrected chi connectivity index (χ4v) is 4.53. The maximum Gasteiger partial charge on any atom is 0.415 e. The van der Waals surface area contributed by atoms with Gasteiger partial charge in [0.05, 0.1) is 12.8 Å². The number of halogens is 2. The Morgan fingerprint density at radius 1 is 1.19 bits per heavy atom. The van der Waals surface area contributed by atoms with Gasteiger partial charge in [-0.05, 0) is 51.5 Å². The maximum absolute atomic E-state index is 15.0. The Morgan fingerprint density at radius 2 is 1.87 bits per heavy atom. The molecular formula is C23H24BrFN2O4. The number of rotatable bonds is 2. The quantitative estimate of drug-likeness (QED) is 0.589. The third-order valence-corrected chi connectivity index (χ3v) is 6.15. The first-order valence-corrected chi connectivity index (χ1v) is 10.8. The summed E-state index contributed by atoms with van der Waals surface area (Å²) in [6.45, 7) is 5.68. The summed E-state index contributed by atoms with van der Waals surface area (Å²) in [6.07, 6.45) is -0.231. The zero-order valence-corrected chi connectivity index (χ0v) is 19.5. The number of methoxy groups -OCH3 is 1. The predicted octanol–water partition coefficient (Wildman–Crippen LogP) is 5.07. The van der Waals surface area contributed by atoms with Crippen molar-refractivity contribution < 1.29 is 23.5 Å². The van der Waals surface area contributed by atoms with Crippen LogP contribution in [0.4, 0.5) is 20.6 Å². The number of anilines is 2. The summed E-state index contributed by atoms with van der Waals surface area (Å²) in [4.78, 5) is 30.0. The van der Waals surface area contributed by atoms with Gasteiger partial charge in [-0.25, -0.2) is 9.18 Å². The van der Waals surface area contributed by atoms with Crippen LogP contribution in [0.15, 0.2) is 40.9 Å². The van der Waals surface area contributed by atoms with E-state index in [0.717, 1.165) is 10.2 Å². The van der Waals surface area contributed by atoms with E-state index in [2.05, 4.69) is 15.9 Å². The summed E-state index contributed by atoms with van der Waals surface area (Å²) >= 11 is 3.40. The average molecular weight is 491 g/mol. The first kappa shape index (κ1) is 21.6. The SMILES string of the molecule is COc1cc(F)c2c(c1)N(C(=O)OC(C)(C)C)C1(CCN(c3ccc(Br)cc3)C1=O)C2. The Morgan fingerprint density at radius 3 is 2.48 bits per heavy atom. The summed E-state index contributed by atoms with van der Waals surface area (Å²) in [5, 5.41) is 0. The molecule has 1 unspecified atom stereocenters. The van der Waals surface area contributed by atoms with Crippen molar-refractivity contribution in [3.63, 3.8) is 0 Å². The second-order valence-corrected chi connectivity index (χ2v) is 9.73. The Hall–Kier alpha value is -2.61. The van der Waals surface area contributed by atoms with E-state index in [1.54, 1.807) is 31.7 Å². The Bertz CT molecular complexity index is 1050. The van der Waals surface area contributed by atoms with Gasteiger partial charge >= 0.3 is 6.09 Å². The number of amides is 2. The van der Waals surface area contributed by atoms with Crippen molar-refractivity contribution in [3.05, 3.63) is 52.3 Å². The Kier molecular flexibility index (Phi) is 5.24. The summed E-state index contributed by atoms with van der Waals surface area (Å²) < 4.78 is 26.7. The molecule has 4 rings (SSSR count). The minimum Gasteiger partial charge on any atom is -0.497 e. The van der Waals surface area contributed by atoms with Crippen molar-refractivity contribution >= 4 is 39.3 Å². The molecule has 31 heavy (non-hydrogen) atoms. The zero-order chi connectivity index (χ0) is 22.6. The lowest BCUT2D eigenvalue weighted by atomic mass is 9.92. The van der Waals surface area contributed by atoms with E-state index in [0.29, 0.717) is 24.2 Å². The predicted molar refractivity (Wildman–Crippen MR) is 119 cm³/mol. The van der Waals surface area contributed by atoms with E-state index in [9.17, 15) is 14.0 Å². The number of ether oxygens (including phenoxy) is 2. The average Bonchev–Trinajstić information content (AvgIpc) is 3.19. The summed E-state index contributed by atoms with van der Waals surface area (Å²) in [5.74, 6) is -0.484. The van der Waals surface area contributed by atoms with Gasteiger partial charge < -0.3 is 14.4 Å². The zero-order valence-electron chi connectivity index (χ0n) is 17.9. The number of carbonyl (C=O) groups is 2. The number of fused-ring (bicyclic) bond motifs is 1. The molecule has 1 fully saturated rings. The smallest absolute Gasteiger partial charge is 0.415 e. The van der Waals surface area contributed by atoms with Gasteiger partial charge in [0.2, 0.25) is 0 Å². The largest absolute Gasteiger partial charge is 0.497 e. The number of nitrogens with zero attached hydrogens (tertiary/aromatic N) is 2. The second kappa shape index (κ2) is 7.51. The molecule has 6 nitrogen and oxygen atoms in total. The summed E-state index contributed by atoms with van der Waals surface area (Å²) in [6, 6.07) is 10.2. The number of hydrogen-bond donors (Lipinski definition) is 0. The van der Waals surface area contributed by atoms with Crippen LogP contribution < -0.4 is 14.5 Å². The first-order valence-electron chi connectivity index (χ1n) is 10.0. The number of benzene rings is 2. The first-order chi connectivity index (χ1) is 14.6. The van der Waals surface area contributed by atoms with E-state index >= 15 is 0 Å².